The SMILES string of the molecule is Cc1csc(CNC2=CC(=O)CC2)n1. The monoisotopic (exact) mass is 208 g/mol. The summed E-state index contributed by atoms with van der Waals surface area (Å²) in [6, 6.07) is 0. The maximum atomic E-state index is 10.9. The normalized spacial score (nSPS) is 15.8. The number of ketones is 1. The molecule has 1 heterocycles. The van der Waals surface area contributed by atoms with E-state index < -0.39 is 0 Å². The van der Waals surface area contributed by atoms with Gasteiger partial charge in [0.2, 0.25) is 0 Å². The molecule has 0 aromatic carbocycles. The first kappa shape index (κ1) is 9.40. The second kappa shape index (κ2) is 3.92. The predicted octanol–water partition coefficient (Wildman–Crippen LogP) is 1.79. The lowest BCUT2D eigenvalue weighted by molar-refractivity contribution is -0.114. The van der Waals surface area contributed by atoms with Crippen molar-refractivity contribution in [2.45, 2.75) is 26.3 Å². The van der Waals surface area contributed by atoms with E-state index in [1.807, 2.05) is 12.3 Å². The van der Waals surface area contributed by atoms with E-state index >= 15 is 0 Å². The summed E-state index contributed by atoms with van der Waals surface area (Å²) in [6.45, 7) is 2.72. The van der Waals surface area contributed by atoms with Crippen LogP contribution in [0.3, 0.4) is 0 Å². The summed E-state index contributed by atoms with van der Waals surface area (Å²) in [4.78, 5) is 15.3. The van der Waals surface area contributed by atoms with Gasteiger partial charge in [-0.2, -0.15) is 0 Å². The van der Waals surface area contributed by atoms with Crippen LogP contribution in [0.2, 0.25) is 0 Å². The Morgan fingerprint density at radius 1 is 1.57 bits per heavy atom. The Labute approximate surface area is 86.9 Å². The minimum Gasteiger partial charge on any atom is -0.382 e. The summed E-state index contributed by atoms with van der Waals surface area (Å²) < 4.78 is 0. The average Bonchev–Trinajstić information content (AvgIpc) is 2.72. The number of allylic oxidation sites excluding steroid dienone is 2. The third-order valence-electron chi connectivity index (χ3n) is 2.11. The van der Waals surface area contributed by atoms with Crippen LogP contribution in [-0.2, 0) is 11.3 Å². The molecule has 0 unspecified atom stereocenters. The highest BCUT2D eigenvalue weighted by Crippen LogP contribution is 2.14. The Morgan fingerprint density at radius 2 is 2.43 bits per heavy atom. The quantitative estimate of drug-likeness (QED) is 0.823. The van der Waals surface area contributed by atoms with Gasteiger partial charge in [-0.15, -0.1) is 11.3 Å². The number of hydrogen-bond acceptors (Lipinski definition) is 4. The first-order chi connectivity index (χ1) is 6.74. The number of aromatic nitrogens is 1. The topological polar surface area (TPSA) is 42.0 Å². The van der Waals surface area contributed by atoms with Crippen molar-refractivity contribution < 1.29 is 4.79 Å². The van der Waals surface area contributed by atoms with E-state index in [9.17, 15) is 4.79 Å². The summed E-state index contributed by atoms with van der Waals surface area (Å²) in [7, 11) is 0. The molecule has 0 atom stereocenters. The van der Waals surface area contributed by atoms with Crippen LogP contribution >= 0.6 is 11.3 Å². The number of aryl methyl sites for hydroxylation is 1. The van der Waals surface area contributed by atoms with Crippen LogP contribution in [0.1, 0.15) is 23.5 Å². The van der Waals surface area contributed by atoms with Crippen molar-refractivity contribution in [3.8, 4) is 0 Å². The molecule has 1 N–H and O–H groups in total. The van der Waals surface area contributed by atoms with E-state index in [-0.39, 0.29) is 5.78 Å². The smallest absolute Gasteiger partial charge is 0.157 e. The van der Waals surface area contributed by atoms with Gasteiger partial charge in [-0.25, -0.2) is 4.98 Å². The number of carbonyl (C=O) groups is 1. The second-order valence-electron chi connectivity index (χ2n) is 3.37. The predicted molar refractivity (Wildman–Crippen MR) is 56.0 cm³/mol. The van der Waals surface area contributed by atoms with Crippen LogP contribution in [-0.4, -0.2) is 10.8 Å². The highest BCUT2D eigenvalue weighted by molar-refractivity contribution is 7.09. The van der Waals surface area contributed by atoms with Gasteiger partial charge < -0.3 is 5.32 Å². The third kappa shape index (κ3) is 2.20. The number of thiazole rings is 1. The van der Waals surface area contributed by atoms with Gasteiger partial charge in [0, 0.05) is 29.3 Å². The van der Waals surface area contributed by atoms with Crippen LogP contribution in [0.5, 0.6) is 0 Å². The molecule has 74 valence electrons. The first-order valence-electron chi connectivity index (χ1n) is 4.62. The molecule has 3 nitrogen and oxygen atoms in total. The largest absolute Gasteiger partial charge is 0.382 e. The zero-order chi connectivity index (χ0) is 9.97. The Hall–Kier alpha value is -1.16. The molecule has 2 rings (SSSR count). The van der Waals surface area contributed by atoms with E-state index in [0.717, 1.165) is 29.4 Å². The van der Waals surface area contributed by atoms with Crippen LogP contribution in [0, 0.1) is 6.92 Å². The number of nitrogens with zero attached hydrogens (tertiary/aromatic N) is 1. The van der Waals surface area contributed by atoms with Gasteiger partial charge in [-0.1, -0.05) is 0 Å². The van der Waals surface area contributed by atoms with Crippen LogP contribution < -0.4 is 5.32 Å². The van der Waals surface area contributed by atoms with Crippen molar-refractivity contribution in [3.63, 3.8) is 0 Å². The fourth-order valence-electron chi connectivity index (χ4n) is 1.41. The Bertz CT molecular complexity index is 381. The first-order valence-corrected chi connectivity index (χ1v) is 5.50. The zero-order valence-corrected chi connectivity index (χ0v) is 8.86. The standard InChI is InChI=1S/C10H12N2OS/c1-7-6-14-10(12-7)5-11-8-2-3-9(13)4-8/h4,6,11H,2-3,5H2,1H3. The molecule has 0 amide bonds. The highest BCUT2D eigenvalue weighted by Gasteiger charge is 2.11. The second-order valence-corrected chi connectivity index (χ2v) is 4.31. The molecule has 0 saturated heterocycles. The van der Waals surface area contributed by atoms with Gasteiger partial charge >= 0.3 is 0 Å². The number of carbonyl (C=O) groups excluding carboxylic acids is 1. The molecule has 0 bridgehead atoms. The van der Waals surface area contributed by atoms with Gasteiger partial charge in [0.1, 0.15) is 5.01 Å². The van der Waals surface area contributed by atoms with Gasteiger partial charge in [0.15, 0.2) is 5.78 Å². The minimum atomic E-state index is 0.225. The van der Waals surface area contributed by atoms with E-state index in [2.05, 4.69) is 10.3 Å². The molecule has 1 aromatic rings. The Kier molecular flexibility index (Phi) is 2.63. The van der Waals surface area contributed by atoms with Crippen molar-refractivity contribution in [1.82, 2.24) is 10.3 Å². The van der Waals surface area contributed by atoms with E-state index in [4.69, 9.17) is 0 Å². The lowest BCUT2D eigenvalue weighted by atomic mass is 10.3. The van der Waals surface area contributed by atoms with Crippen LogP contribution in [0.25, 0.3) is 0 Å². The Morgan fingerprint density at radius 3 is 3.00 bits per heavy atom. The molecule has 0 aliphatic heterocycles. The summed E-state index contributed by atoms with van der Waals surface area (Å²) in [5, 5.41) is 6.33. The molecular weight excluding hydrogens is 196 g/mol. The molecular formula is C10H12N2OS. The zero-order valence-electron chi connectivity index (χ0n) is 8.04. The van der Waals surface area contributed by atoms with Crippen LogP contribution in [0.4, 0.5) is 0 Å². The van der Waals surface area contributed by atoms with Crippen molar-refractivity contribution in [3.05, 3.63) is 27.9 Å². The van der Waals surface area contributed by atoms with Gasteiger partial charge in [0.25, 0.3) is 0 Å². The van der Waals surface area contributed by atoms with E-state index in [1.54, 1.807) is 17.4 Å². The fraction of sp³-hybridized carbons (Fsp3) is 0.400. The molecule has 0 spiro atoms. The maximum absolute atomic E-state index is 10.9. The molecule has 0 saturated carbocycles. The van der Waals surface area contributed by atoms with E-state index in [1.165, 1.54) is 0 Å². The van der Waals surface area contributed by atoms with Crippen molar-refractivity contribution in [2.75, 3.05) is 0 Å². The van der Waals surface area contributed by atoms with Crippen molar-refractivity contribution in [2.24, 2.45) is 0 Å². The van der Waals surface area contributed by atoms with Crippen LogP contribution in [0.15, 0.2) is 17.2 Å². The molecule has 0 fully saturated rings. The van der Waals surface area contributed by atoms with Gasteiger partial charge in [-0.3, -0.25) is 4.79 Å². The van der Waals surface area contributed by atoms with Gasteiger partial charge in [-0.05, 0) is 13.3 Å². The van der Waals surface area contributed by atoms with Crippen molar-refractivity contribution in [1.29, 1.82) is 0 Å². The minimum absolute atomic E-state index is 0.225. The molecule has 0 radical (unpaired) electrons. The molecule has 14 heavy (non-hydrogen) atoms. The highest BCUT2D eigenvalue weighted by atomic mass is 32.1. The van der Waals surface area contributed by atoms with Crippen molar-refractivity contribution >= 4 is 17.1 Å². The fourth-order valence-corrected chi connectivity index (χ4v) is 2.12. The maximum Gasteiger partial charge on any atom is 0.157 e. The molecule has 1 aromatic heterocycles. The lowest BCUT2D eigenvalue weighted by Gasteiger charge is -2.02. The third-order valence-corrected chi connectivity index (χ3v) is 3.08. The summed E-state index contributed by atoms with van der Waals surface area (Å²) in [5.74, 6) is 0.225. The Balaban J connectivity index is 1.89. The number of nitrogens with one attached hydrogen (secondary N) is 1. The summed E-state index contributed by atoms with van der Waals surface area (Å²) in [5.41, 5.74) is 2.10. The number of rotatable bonds is 3. The summed E-state index contributed by atoms with van der Waals surface area (Å²) >= 11 is 1.65. The van der Waals surface area contributed by atoms with Gasteiger partial charge in [0.05, 0.1) is 6.54 Å². The summed E-state index contributed by atoms with van der Waals surface area (Å²) in [6.07, 6.45) is 3.20. The lowest BCUT2D eigenvalue weighted by Crippen LogP contribution is -2.10. The molecule has 1 aliphatic rings. The molecule has 1 aliphatic carbocycles. The number of hydrogen-bond donors (Lipinski definition) is 1. The molecule has 4 heteroatoms. The van der Waals surface area contributed by atoms with E-state index in [0.29, 0.717) is 6.42 Å². The average molecular weight is 208 g/mol.